The highest BCUT2D eigenvalue weighted by Gasteiger charge is 2.31. The number of carbonyl (C=O) groups is 1. The van der Waals surface area contributed by atoms with Crippen LogP contribution in [0.2, 0.25) is 0 Å². The molecule has 2 amide bonds. The Kier molecular flexibility index (Phi) is 5.24. The third-order valence-electron chi connectivity index (χ3n) is 4.40. The van der Waals surface area contributed by atoms with E-state index in [2.05, 4.69) is 20.4 Å². The molecule has 3 aromatic carbocycles. The molecule has 0 fully saturated rings. The van der Waals surface area contributed by atoms with Gasteiger partial charge < -0.3 is 20.4 Å². The van der Waals surface area contributed by atoms with Crippen molar-refractivity contribution in [1.29, 1.82) is 0 Å². The second-order valence-corrected chi connectivity index (χ2v) is 6.61. The number of urea groups is 1. The molecule has 1 aromatic heterocycles. The molecule has 0 aliphatic carbocycles. The van der Waals surface area contributed by atoms with Crippen molar-refractivity contribution in [1.82, 2.24) is 4.98 Å². The first-order chi connectivity index (χ1) is 14.8. The quantitative estimate of drug-likeness (QED) is 0.324. The van der Waals surface area contributed by atoms with Gasteiger partial charge in [0.15, 0.2) is 0 Å². The molecule has 0 atom stereocenters. The summed E-state index contributed by atoms with van der Waals surface area (Å²) in [6.45, 7) is 0. The monoisotopic (exact) mass is 429 g/mol. The number of H-pyrrole nitrogens is 1. The number of alkyl halides is 3. The predicted molar refractivity (Wildman–Crippen MR) is 109 cm³/mol. The molecule has 1 heterocycles. The van der Waals surface area contributed by atoms with Gasteiger partial charge >= 0.3 is 12.4 Å². The number of amides is 2. The fourth-order valence-corrected chi connectivity index (χ4v) is 3.09. The minimum absolute atomic E-state index is 0.251. The van der Waals surface area contributed by atoms with Crippen molar-refractivity contribution in [2.45, 2.75) is 6.36 Å². The minimum Gasteiger partial charge on any atom is -0.406 e. The highest BCUT2D eigenvalue weighted by atomic mass is 19.4. The Morgan fingerprint density at radius 3 is 2.35 bits per heavy atom. The second-order valence-electron chi connectivity index (χ2n) is 6.61. The number of aromatic nitrogens is 1. The van der Waals surface area contributed by atoms with Crippen molar-refractivity contribution in [2.24, 2.45) is 0 Å². The van der Waals surface area contributed by atoms with Crippen LogP contribution in [0.1, 0.15) is 0 Å². The highest BCUT2D eigenvalue weighted by molar-refractivity contribution is 6.02. The molecular formula is C22H15F4N3O2. The average Bonchev–Trinajstić information content (AvgIpc) is 3.14. The number of para-hydroxylation sites is 1. The van der Waals surface area contributed by atoms with Gasteiger partial charge in [0.1, 0.15) is 11.6 Å². The zero-order valence-electron chi connectivity index (χ0n) is 15.8. The SMILES string of the molecule is O=C(Nc1ccc(OC(F)(F)F)cc1)Nc1ccc(F)cc1-c1cc2ccccc2[nH]1. The molecule has 4 rings (SSSR count). The number of hydrogen-bond donors (Lipinski definition) is 3. The maximum atomic E-state index is 13.9. The number of fused-ring (bicyclic) bond motifs is 1. The van der Waals surface area contributed by atoms with Crippen LogP contribution >= 0.6 is 0 Å². The van der Waals surface area contributed by atoms with Gasteiger partial charge in [0.2, 0.25) is 0 Å². The van der Waals surface area contributed by atoms with E-state index < -0.39 is 24.0 Å². The summed E-state index contributed by atoms with van der Waals surface area (Å²) in [5.74, 6) is -0.877. The molecule has 0 aliphatic rings. The second kappa shape index (κ2) is 8.02. The zero-order chi connectivity index (χ0) is 22.0. The van der Waals surface area contributed by atoms with Gasteiger partial charge in [0.25, 0.3) is 0 Å². The molecule has 0 bridgehead atoms. The van der Waals surface area contributed by atoms with E-state index in [4.69, 9.17) is 0 Å². The molecule has 4 aromatic rings. The lowest BCUT2D eigenvalue weighted by atomic mass is 10.1. The largest absolute Gasteiger partial charge is 0.573 e. The van der Waals surface area contributed by atoms with E-state index in [1.54, 1.807) is 0 Å². The van der Waals surface area contributed by atoms with Gasteiger partial charge in [-0.25, -0.2) is 9.18 Å². The molecule has 9 heteroatoms. The van der Waals surface area contributed by atoms with E-state index in [0.717, 1.165) is 23.0 Å². The number of hydrogen-bond acceptors (Lipinski definition) is 2. The van der Waals surface area contributed by atoms with Crippen LogP contribution in [-0.2, 0) is 0 Å². The Bertz CT molecular complexity index is 1200. The van der Waals surface area contributed by atoms with Crippen molar-refractivity contribution in [2.75, 3.05) is 10.6 Å². The van der Waals surface area contributed by atoms with Crippen molar-refractivity contribution in [3.8, 4) is 17.0 Å². The number of halogens is 4. The van der Waals surface area contributed by atoms with E-state index in [-0.39, 0.29) is 5.69 Å². The summed E-state index contributed by atoms with van der Waals surface area (Å²) in [6.07, 6.45) is -4.80. The Morgan fingerprint density at radius 2 is 1.65 bits per heavy atom. The van der Waals surface area contributed by atoms with Crippen molar-refractivity contribution < 1.29 is 27.1 Å². The number of carbonyl (C=O) groups excluding carboxylic acids is 1. The summed E-state index contributed by atoms with van der Waals surface area (Å²) in [6, 6.07) is 17.4. The van der Waals surface area contributed by atoms with Gasteiger partial charge in [-0.2, -0.15) is 0 Å². The number of anilines is 2. The first-order valence-electron chi connectivity index (χ1n) is 9.08. The van der Waals surface area contributed by atoms with E-state index in [1.165, 1.54) is 30.3 Å². The molecule has 0 spiro atoms. The van der Waals surface area contributed by atoms with Crippen LogP contribution in [0, 0.1) is 5.82 Å². The lowest BCUT2D eigenvalue weighted by Crippen LogP contribution is -2.20. The third kappa shape index (κ3) is 4.95. The van der Waals surface area contributed by atoms with Crippen LogP contribution in [0.25, 0.3) is 22.2 Å². The Morgan fingerprint density at radius 1 is 0.903 bits per heavy atom. The summed E-state index contributed by atoms with van der Waals surface area (Å²) >= 11 is 0. The molecule has 3 N–H and O–H groups in total. The minimum atomic E-state index is -4.80. The molecule has 0 saturated carbocycles. The Hall–Kier alpha value is -4.01. The fraction of sp³-hybridized carbons (Fsp3) is 0.0455. The normalized spacial score (nSPS) is 11.4. The van der Waals surface area contributed by atoms with Gasteiger partial charge in [-0.15, -0.1) is 13.2 Å². The summed E-state index contributed by atoms with van der Waals surface area (Å²) in [5.41, 5.74) is 2.52. The third-order valence-corrected chi connectivity index (χ3v) is 4.40. The summed E-state index contributed by atoms with van der Waals surface area (Å²) in [7, 11) is 0. The van der Waals surface area contributed by atoms with Crippen LogP contribution in [0.3, 0.4) is 0 Å². The molecule has 158 valence electrons. The van der Waals surface area contributed by atoms with Crippen LogP contribution in [0.4, 0.5) is 33.7 Å². The molecule has 0 saturated heterocycles. The topological polar surface area (TPSA) is 66.2 Å². The van der Waals surface area contributed by atoms with Crippen molar-refractivity contribution >= 4 is 28.3 Å². The molecule has 31 heavy (non-hydrogen) atoms. The summed E-state index contributed by atoms with van der Waals surface area (Å²) < 4.78 is 54.4. The van der Waals surface area contributed by atoms with Crippen molar-refractivity contribution in [3.05, 3.63) is 78.6 Å². The number of ether oxygens (including phenoxy) is 1. The summed E-state index contributed by atoms with van der Waals surface area (Å²) in [5, 5.41) is 6.07. The average molecular weight is 429 g/mol. The van der Waals surface area contributed by atoms with Gasteiger partial charge in [0.05, 0.1) is 5.69 Å². The molecule has 0 radical (unpaired) electrons. The standard InChI is InChI=1S/C22H15F4N3O2/c23-14-5-10-19(17(12-14)20-11-13-3-1-2-4-18(13)28-20)29-21(30)27-15-6-8-16(9-7-15)31-22(24,25)26/h1-12,28H,(H2,27,29,30). The van der Waals surface area contributed by atoms with Gasteiger partial charge in [-0.3, -0.25) is 0 Å². The van der Waals surface area contributed by atoms with Gasteiger partial charge in [-0.1, -0.05) is 18.2 Å². The zero-order valence-corrected chi connectivity index (χ0v) is 15.8. The number of benzene rings is 3. The highest BCUT2D eigenvalue weighted by Crippen LogP contribution is 2.31. The first-order valence-corrected chi connectivity index (χ1v) is 9.08. The smallest absolute Gasteiger partial charge is 0.406 e. The Labute approximate surface area is 173 Å². The van der Waals surface area contributed by atoms with Gasteiger partial charge in [-0.05, 0) is 54.6 Å². The maximum absolute atomic E-state index is 13.9. The van der Waals surface area contributed by atoms with E-state index in [9.17, 15) is 22.4 Å². The fourth-order valence-electron chi connectivity index (χ4n) is 3.09. The predicted octanol–water partition coefficient (Wildman–Crippen LogP) is 6.52. The first kappa shape index (κ1) is 20.3. The molecule has 0 aliphatic heterocycles. The number of aromatic amines is 1. The van der Waals surface area contributed by atoms with E-state index >= 15 is 0 Å². The maximum Gasteiger partial charge on any atom is 0.573 e. The molecule has 5 nitrogen and oxygen atoms in total. The van der Waals surface area contributed by atoms with Gasteiger partial charge in [0, 0.05) is 27.8 Å². The van der Waals surface area contributed by atoms with Crippen LogP contribution in [0.15, 0.2) is 72.8 Å². The lowest BCUT2D eigenvalue weighted by Gasteiger charge is -2.12. The van der Waals surface area contributed by atoms with E-state index in [1.807, 2.05) is 30.3 Å². The number of rotatable bonds is 4. The molecular weight excluding hydrogens is 414 g/mol. The lowest BCUT2D eigenvalue weighted by molar-refractivity contribution is -0.274. The van der Waals surface area contributed by atoms with Crippen LogP contribution in [0.5, 0.6) is 5.75 Å². The van der Waals surface area contributed by atoms with Crippen LogP contribution in [-0.4, -0.2) is 17.4 Å². The van der Waals surface area contributed by atoms with Crippen LogP contribution < -0.4 is 15.4 Å². The summed E-state index contributed by atoms with van der Waals surface area (Å²) in [4.78, 5) is 15.6. The van der Waals surface area contributed by atoms with E-state index in [0.29, 0.717) is 16.9 Å². The molecule has 0 unspecified atom stereocenters. The Balaban J connectivity index is 1.52. The number of nitrogens with one attached hydrogen (secondary N) is 3. The van der Waals surface area contributed by atoms with Crippen molar-refractivity contribution in [3.63, 3.8) is 0 Å².